The molecule has 1 atom stereocenters. The lowest BCUT2D eigenvalue weighted by molar-refractivity contribution is -0.121. The lowest BCUT2D eigenvalue weighted by Crippen LogP contribution is -2.33. The van der Waals surface area contributed by atoms with Gasteiger partial charge >= 0.3 is 0 Å². The second-order valence-electron chi connectivity index (χ2n) is 6.93. The molecule has 0 fully saturated rings. The summed E-state index contributed by atoms with van der Waals surface area (Å²) in [5, 5.41) is 2.95. The van der Waals surface area contributed by atoms with Gasteiger partial charge in [0.15, 0.2) is 0 Å². The van der Waals surface area contributed by atoms with E-state index in [4.69, 9.17) is 0 Å². The van der Waals surface area contributed by atoms with Crippen molar-refractivity contribution in [1.82, 2.24) is 10.3 Å². The number of carbonyl (C=O) groups excluding carboxylic acids is 2. The number of hydrogen-bond donors (Lipinski definition) is 1. The summed E-state index contributed by atoms with van der Waals surface area (Å²) in [6, 6.07) is 20.6. The van der Waals surface area contributed by atoms with Crippen molar-refractivity contribution in [1.29, 1.82) is 0 Å². The van der Waals surface area contributed by atoms with Crippen LogP contribution in [0, 0.1) is 6.92 Å². The number of carbonyl (C=O) groups is 2. The van der Waals surface area contributed by atoms with Crippen LogP contribution in [0.1, 0.15) is 39.6 Å². The van der Waals surface area contributed by atoms with Crippen LogP contribution in [-0.2, 0) is 11.3 Å². The average Bonchev–Trinajstić information content (AvgIpc) is 2.99. The molecule has 0 radical (unpaired) electrons. The molecule has 4 rings (SSSR count). The number of nitrogens with one attached hydrogen (secondary N) is 1. The molecule has 5 nitrogen and oxygen atoms in total. The summed E-state index contributed by atoms with van der Waals surface area (Å²) in [5.74, 6) is -0.229. The molecule has 0 saturated heterocycles. The zero-order valence-corrected chi connectivity index (χ0v) is 15.6. The molecule has 2 amide bonds. The van der Waals surface area contributed by atoms with E-state index in [0.29, 0.717) is 17.8 Å². The minimum Gasteiger partial charge on any atom is -0.352 e. The molecule has 0 aliphatic carbocycles. The van der Waals surface area contributed by atoms with Crippen molar-refractivity contribution in [3.8, 4) is 0 Å². The van der Waals surface area contributed by atoms with Gasteiger partial charge in [-0.25, -0.2) is 0 Å². The number of pyridine rings is 1. The maximum Gasteiger partial charge on any atom is 0.260 e. The third kappa shape index (κ3) is 3.51. The molecule has 0 bridgehead atoms. The quantitative estimate of drug-likeness (QED) is 0.742. The normalized spacial score (nSPS) is 15.4. The Labute approximate surface area is 164 Å². The van der Waals surface area contributed by atoms with Gasteiger partial charge in [-0.1, -0.05) is 42.5 Å². The van der Waals surface area contributed by atoms with E-state index >= 15 is 0 Å². The van der Waals surface area contributed by atoms with Crippen LogP contribution in [0.3, 0.4) is 0 Å². The summed E-state index contributed by atoms with van der Waals surface area (Å²) in [7, 11) is 0. The molecule has 140 valence electrons. The van der Waals surface area contributed by atoms with Crippen LogP contribution in [0.15, 0.2) is 72.9 Å². The van der Waals surface area contributed by atoms with Crippen LogP contribution in [-0.4, -0.2) is 16.8 Å². The number of aryl methyl sites for hydroxylation is 1. The standard InChI is InChI=1S/C23H21N3O2/c1-16-7-5-10-18(13-16)26-20(22-19(23(26)28)11-6-12-24-22)14-21(27)25-15-17-8-3-2-4-9-17/h2-13,20H,14-15H2,1H3,(H,25,27)/t20-/m1/s1. The molecule has 2 aromatic carbocycles. The van der Waals surface area contributed by atoms with Gasteiger partial charge in [0, 0.05) is 18.4 Å². The van der Waals surface area contributed by atoms with Crippen LogP contribution in [0.4, 0.5) is 5.69 Å². The molecule has 1 N–H and O–H groups in total. The molecule has 0 unspecified atom stereocenters. The topological polar surface area (TPSA) is 62.3 Å². The summed E-state index contributed by atoms with van der Waals surface area (Å²) in [6.45, 7) is 2.44. The van der Waals surface area contributed by atoms with Gasteiger partial charge in [-0.2, -0.15) is 0 Å². The van der Waals surface area contributed by atoms with Gasteiger partial charge in [-0.15, -0.1) is 0 Å². The Morgan fingerprint density at radius 3 is 2.68 bits per heavy atom. The van der Waals surface area contributed by atoms with Crippen molar-refractivity contribution in [2.45, 2.75) is 25.9 Å². The van der Waals surface area contributed by atoms with Crippen LogP contribution < -0.4 is 10.2 Å². The van der Waals surface area contributed by atoms with Crippen molar-refractivity contribution in [3.05, 3.63) is 95.3 Å². The summed E-state index contributed by atoms with van der Waals surface area (Å²) in [6.07, 6.45) is 1.83. The van der Waals surface area contributed by atoms with Crippen LogP contribution in [0.5, 0.6) is 0 Å². The molecule has 1 aliphatic heterocycles. The average molecular weight is 371 g/mol. The van der Waals surface area contributed by atoms with Gasteiger partial charge in [0.2, 0.25) is 5.91 Å². The van der Waals surface area contributed by atoms with Crippen molar-refractivity contribution in [2.75, 3.05) is 4.90 Å². The smallest absolute Gasteiger partial charge is 0.260 e. The van der Waals surface area contributed by atoms with Gasteiger partial charge in [-0.05, 0) is 42.3 Å². The SMILES string of the molecule is Cc1cccc(N2C(=O)c3cccnc3[C@H]2CC(=O)NCc2ccccc2)c1. The summed E-state index contributed by atoms with van der Waals surface area (Å²) < 4.78 is 0. The number of aromatic nitrogens is 1. The molecular formula is C23H21N3O2. The highest BCUT2D eigenvalue weighted by molar-refractivity contribution is 6.11. The van der Waals surface area contributed by atoms with Gasteiger partial charge in [-0.3, -0.25) is 19.5 Å². The Bertz CT molecular complexity index is 1020. The van der Waals surface area contributed by atoms with Crippen molar-refractivity contribution in [3.63, 3.8) is 0 Å². The molecular weight excluding hydrogens is 350 g/mol. The van der Waals surface area contributed by atoms with Gasteiger partial charge < -0.3 is 5.32 Å². The highest BCUT2D eigenvalue weighted by Crippen LogP contribution is 2.38. The summed E-state index contributed by atoms with van der Waals surface area (Å²) in [5.41, 5.74) is 4.09. The van der Waals surface area contributed by atoms with E-state index in [2.05, 4.69) is 10.3 Å². The highest BCUT2D eigenvalue weighted by Gasteiger charge is 2.39. The zero-order chi connectivity index (χ0) is 19.5. The molecule has 5 heteroatoms. The first-order valence-electron chi connectivity index (χ1n) is 9.29. The van der Waals surface area contributed by atoms with E-state index in [-0.39, 0.29) is 18.2 Å². The number of fused-ring (bicyclic) bond motifs is 1. The third-order valence-electron chi connectivity index (χ3n) is 4.91. The van der Waals surface area contributed by atoms with Gasteiger partial charge in [0.05, 0.1) is 23.7 Å². The predicted molar refractivity (Wildman–Crippen MR) is 108 cm³/mol. The van der Waals surface area contributed by atoms with E-state index in [1.807, 2.05) is 61.5 Å². The molecule has 3 aromatic rings. The maximum atomic E-state index is 13.0. The molecule has 1 aliphatic rings. The number of amides is 2. The minimum atomic E-state index is -0.415. The van der Waals surface area contributed by atoms with Gasteiger partial charge in [0.25, 0.3) is 5.91 Å². The largest absolute Gasteiger partial charge is 0.352 e. The Hall–Kier alpha value is -3.47. The first-order valence-corrected chi connectivity index (χ1v) is 9.29. The van der Waals surface area contributed by atoms with E-state index < -0.39 is 6.04 Å². The Morgan fingerprint density at radius 2 is 1.89 bits per heavy atom. The molecule has 28 heavy (non-hydrogen) atoms. The van der Waals surface area contributed by atoms with Crippen LogP contribution in [0.25, 0.3) is 0 Å². The molecule has 0 spiro atoms. The fourth-order valence-corrected chi connectivity index (χ4v) is 3.56. The number of rotatable bonds is 5. The van der Waals surface area contributed by atoms with E-state index in [9.17, 15) is 9.59 Å². The number of nitrogens with zero attached hydrogens (tertiary/aromatic N) is 2. The Balaban J connectivity index is 1.58. The monoisotopic (exact) mass is 371 g/mol. The summed E-state index contributed by atoms with van der Waals surface area (Å²) >= 11 is 0. The molecule has 2 heterocycles. The second kappa shape index (κ2) is 7.64. The lowest BCUT2D eigenvalue weighted by atomic mass is 10.1. The van der Waals surface area contributed by atoms with Gasteiger partial charge in [0.1, 0.15) is 0 Å². The highest BCUT2D eigenvalue weighted by atomic mass is 16.2. The Kier molecular flexibility index (Phi) is 4.89. The fraction of sp³-hybridized carbons (Fsp3) is 0.174. The van der Waals surface area contributed by atoms with Crippen molar-refractivity contribution < 1.29 is 9.59 Å². The van der Waals surface area contributed by atoms with E-state index in [1.54, 1.807) is 23.2 Å². The first kappa shape index (κ1) is 17.9. The van der Waals surface area contributed by atoms with E-state index in [1.165, 1.54) is 0 Å². The zero-order valence-electron chi connectivity index (χ0n) is 15.6. The van der Waals surface area contributed by atoms with E-state index in [0.717, 1.165) is 16.8 Å². The molecule has 0 saturated carbocycles. The Morgan fingerprint density at radius 1 is 1.07 bits per heavy atom. The minimum absolute atomic E-state index is 0.113. The lowest BCUT2D eigenvalue weighted by Gasteiger charge is -2.25. The van der Waals surface area contributed by atoms with Crippen LogP contribution >= 0.6 is 0 Å². The van der Waals surface area contributed by atoms with Crippen LogP contribution in [0.2, 0.25) is 0 Å². The predicted octanol–water partition coefficient (Wildman–Crippen LogP) is 3.80. The molecule has 1 aromatic heterocycles. The number of hydrogen-bond acceptors (Lipinski definition) is 3. The maximum absolute atomic E-state index is 13.0. The second-order valence-corrected chi connectivity index (χ2v) is 6.93. The number of anilines is 1. The third-order valence-corrected chi connectivity index (χ3v) is 4.91. The van der Waals surface area contributed by atoms with Crippen molar-refractivity contribution in [2.24, 2.45) is 0 Å². The number of benzene rings is 2. The fourth-order valence-electron chi connectivity index (χ4n) is 3.56. The first-order chi connectivity index (χ1) is 13.6. The van der Waals surface area contributed by atoms with Crippen molar-refractivity contribution >= 4 is 17.5 Å². The summed E-state index contributed by atoms with van der Waals surface area (Å²) in [4.78, 5) is 31.8.